The highest BCUT2D eigenvalue weighted by atomic mass is 32.2. The van der Waals surface area contributed by atoms with E-state index in [9.17, 15) is 18.3 Å². The third kappa shape index (κ3) is 2.44. The van der Waals surface area contributed by atoms with Gasteiger partial charge in [0.15, 0.2) is 0 Å². The van der Waals surface area contributed by atoms with Crippen molar-refractivity contribution in [3.63, 3.8) is 0 Å². The predicted octanol–water partition coefficient (Wildman–Crippen LogP) is 0.450. The minimum absolute atomic E-state index is 0.00561. The number of aryl methyl sites for hydroxylation is 1. The van der Waals surface area contributed by atoms with Crippen LogP contribution in [0.2, 0.25) is 0 Å². The summed E-state index contributed by atoms with van der Waals surface area (Å²) >= 11 is 0. The van der Waals surface area contributed by atoms with E-state index in [-0.39, 0.29) is 11.4 Å². The van der Waals surface area contributed by atoms with E-state index in [1.54, 1.807) is 19.1 Å². The quantitative estimate of drug-likeness (QED) is 0.845. The summed E-state index contributed by atoms with van der Waals surface area (Å²) in [5, 5.41) is 19.0. The second kappa shape index (κ2) is 5.16. The Bertz CT molecular complexity index is 610. The van der Waals surface area contributed by atoms with Crippen LogP contribution in [0.25, 0.3) is 0 Å². The Morgan fingerprint density at radius 1 is 1.30 bits per heavy atom. The molecule has 3 unspecified atom stereocenters. The molecule has 1 aliphatic rings. The number of benzene rings is 1. The molecule has 0 aliphatic carbocycles. The Morgan fingerprint density at radius 2 is 1.85 bits per heavy atom. The van der Waals surface area contributed by atoms with Crippen molar-refractivity contribution in [2.45, 2.75) is 30.9 Å². The van der Waals surface area contributed by atoms with Gasteiger partial charge in [0.2, 0.25) is 10.0 Å². The lowest BCUT2D eigenvalue weighted by molar-refractivity contribution is -0.143. The van der Waals surface area contributed by atoms with Gasteiger partial charge in [0.05, 0.1) is 11.0 Å². The molecule has 20 heavy (non-hydrogen) atoms. The van der Waals surface area contributed by atoms with E-state index in [2.05, 4.69) is 0 Å². The van der Waals surface area contributed by atoms with E-state index in [4.69, 9.17) is 5.11 Å². The third-order valence-corrected chi connectivity index (χ3v) is 5.43. The minimum atomic E-state index is -3.92. The average Bonchev–Trinajstić information content (AvgIpc) is 2.67. The lowest BCUT2D eigenvalue weighted by Gasteiger charge is -2.22. The predicted molar refractivity (Wildman–Crippen MR) is 71.7 cm³/mol. The van der Waals surface area contributed by atoms with Crippen molar-refractivity contribution in [2.75, 3.05) is 6.54 Å². The molecule has 1 aliphatic heterocycles. The molecule has 2 N–H and O–H groups in total. The van der Waals surface area contributed by atoms with Crippen molar-refractivity contribution in [1.29, 1.82) is 0 Å². The van der Waals surface area contributed by atoms with Gasteiger partial charge >= 0.3 is 5.97 Å². The summed E-state index contributed by atoms with van der Waals surface area (Å²) < 4.78 is 25.9. The zero-order valence-electron chi connectivity index (χ0n) is 11.2. The topological polar surface area (TPSA) is 94.9 Å². The van der Waals surface area contributed by atoms with Crippen LogP contribution in [0.3, 0.4) is 0 Å². The lowest BCUT2D eigenvalue weighted by Crippen LogP contribution is -2.45. The zero-order chi connectivity index (χ0) is 15.1. The van der Waals surface area contributed by atoms with Crippen LogP contribution in [0.15, 0.2) is 29.2 Å². The van der Waals surface area contributed by atoms with E-state index in [0.717, 1.165) is 9.87 Å². The first-order valence-corrected chi connectivity index (χ1v) is 7.68. The average molecular weight is 299 g/mol. The van der Waals surface area contributed by atoms with Gasteiger partial charge in [0, 0.05) is 6.54 Å². The van der Waals surface area contributed by atoms with Crippen LogP contribution in [-0.4, -0.2) is 47.6 Å². The lowest BCUT2D eigenvalue weighted by atomic mass is 10.0. The molecule has 0 amide bonds. The zero-order valence-corrected chi connectivity index (χ0v) is 12.0. The number of carboxylic acids is 1. The van der Waals surface area contributed by atoms with Gasteiger partial charge in [-0.2, -0.15) is 4.31 Å². The Labute approximate surface area is 117 Å². The normalized spacial score (nSPS) is 27.6. The highest BCUT2D eigenvalue weighted by Crippen LogP contribution is 2.30. The summed E-state index contributed by atoms with van der Waals surface area (Å²) in [6, 6.07) is 4.76. The highest BCUT2D eigenvalue weighted by molar-refractivity contribution is 7.89. The fourth-order valence-electron chi connectivity index (χ4n) is 2.35. The van der Waals surface area contributed by atoms with Crippen LogP contribution in [0.1, 0.15) is 12.5 Å². The number of aliphatic carboxylic acids is 1. The molecule has 0 aromatic heterocycles. The monoisotopic (exact) mass is 299 g/mol. The van der Waals surface area contributed by atoms with Crippen LogP contribution < -0.4 is 0 Å². The molecular weight excluding hydrogens is 282 g/mol. The second-order valence-electron chi connectivity index (χ2n) is 5.14. The van der Waals surface area contributed by atoms with Crippen LogP contribution in [0, 0.1) is 12.8 Å². The minimum Gasteiger partial charge on any atom is -0.480 e. The maximum absolute atomic E-state index is 12.5. The number of aliphatic hydroxyl groups excluding tert-OH is 1. The van der Waals surface area contributed by atoms with Crippen LogP contribution in [0.4, 0.5) is 0 Å². The molecule has 1 aromatic rings. The maximum Gasteiger partial charge on any atom is 0.324 e. The van der Waals surface area contributed by atoms with Crippen LogP contribution in [0.5, 0.6) is 0 Å². The summed E-state index contributed by atoms with van der Waals surface area (Å²) in [7, 11) is -3.92. The molecule has 110 valence electrons. The molecule has 0 bridgehead atoms. The number of hydrogen-bond acceptors (Lipinski definition) is 4. The Balaban J connectivity index is 2.43. The van der Waals surface area contributed by atoms with Gasteiger partial charge in [0.1, 0.15) is 6.04 Å². The maximum atomic E-state index is 12.5. The molecule has 0 saturated carbocycles. The van der Waals surface area contributed by atoms with Crippen molar-refractivity contribution in [3.05, 3.63) is 29.8 Å². The van der Waals surface area contributed by atoms with Crippen molar-refractivity contribution < 1.29 is 23.4 Å². The molecule has 0 radical (unpaired) electrons. The van der Waals surface area contributed by atoms with Gasteiger partial charge < -0.3 is 10.2 Å². The largest absolute Gasteiger partial charge is 0.480 e. The number of nitrogens with zero attached hydrogens (tertiary/aromatic N) is 1. The standard InChI is InChI=1S/C13H17NO5S/c1-8-3-5-10(6-4-8)20(18,19)14-7-9(2)12(15)11(14)13(16)17/h3-6,9,11-12,15H,7H2,1-2H3,(H,16,17). The molecular formula is C13H17NO5S. The SMILES string of the molecule is Cc1ccc(S(=O)(=O)N2CC(C)C(O)C2C(=O)O)cc1. The van der Waals surface area contributed by atoms with Gasteiger partial charge in [-0.1, -0.05) is 24.6 Å². The van der Waals surface area contributed by atoms with Gasteiger partial charge in [0.25, 0.3) is 0 Å². The number of carboxylic acid groups (broad SMARTS) is 1. The van der Waals surface area contributed by atoms with Gasteiger partial charge in [-0.15, -0.1) is 0 Å². The summed E-state index contributed by atoms with van der Waals surface area (Å²) in [5.41, 5.74) is 0.911. The summed E-state index contributed by atoms with van der Waals surface area (Å²) in [6.45, 7) is 3.46. The number of rotatable bonds is 3. The Kier molecular flexibility index (Phi) is 3.86. The Hall–Kier alpha value is -1.44. The number of hydrogen-bond donors (Lipinski definition) is 2. The van der Waals surface area contributed by atoms with Crippen LogP contribution >= 0.6 is 0 Å². The molecule has 1 saturated heterocycles. The summed E-state index contributed by atoms with van der Waals surface area (Å²) in [5.74, 6) is -1.76. The van der Waals surface area contributed by atoms with Crippen molar-refractivity contribution in [3.8, 4) is 0 Å². The van der Waals surface area contributed by atoms with E-state index in [1.807, 2.05) is 6.92 Å². The van der Waals surface area contributed by atoms with E-state index >= 15 is 0 Å². The smallest absolute Gasteiger partial charge is 0.324 e. The summed E-state index contributed by atoms with van der Waals surface area (Å²) in [6.07, 6.45) is -1.20. The number of sulfonamides is 1. The van der Waals surface area contributed by atoms with Gasteiger partial charge in [-0.3, -0.25) is 4.79 Å². The van der Waals surface area contributed by atoms with E-state index < -0.39 is 34.1 Å². The molecule has 3 atom stereocenters. The summed E-state index contributed by atoms with van der Waals surface area (Å²) in [4.78, 5) is 11.3. The number of aliphatic hydroxyl groups is 1. The molecule has 7 heteroatoms. The molecule has 1 fully saturated rings. The van der Waals surface area contributed by atoms with Gasteiger partial charge in [-0.05, 0) is 25.0 Å². The second-order valence-corrected chi connectivity index (χ2v) is 7.03. The first-order chi connectivity index (χ1) is 9.25. The molecule has 0 spiro atoms. The third-order valence-electron chi connectivity index (χ3n) is 3.57. The fraction of sp³-hybridized carbons (Fsp3) is 0.462. The molecule has 2 rings (SSSR count). The van der Waals surface area contributed by atoms with E-state index in [1.165, 1.54) is 12.1 Å². The van der Waals surface area contributed by atoms with Crippen LogP contribution in [-0.2, 0) is 14.8 Å². The first-order valence-electron chi connectivity index (χ1n) is 6.24. The fourth-order valence-corrected chi connectivity index (χ4v) is 4.05. The molecule has 1 aromatic carbocycles. The van der Waals surface area contributed by atoms with Crippen molar-refractivity contribution >= 4 is 16.0 Å². The molecule has 6 nitrogen and oxygen atoms in total. The van der Waals surface area contributed by atoms with Gasteiger partial charge in [-0.25, -0.2) is 8.42 Å². The first kappa shape index (κ1) is 15.0. The highest BCUT2D eigenvalue weighted by Gasteiger charge is 2.48. The molecule has 1 heterocycles. The number of carbonyl (C=O) groups is 1. The Morgan fingerprint density at radius 3 is 2.35 bits per heavy atom. The van der Waals surface area contributed by atoms with Crippen molar-refractivity contribution in [2.24, 2.45) is 5.92 Å². The van der Waals surface area contributed by atoms with Crippen molar-refractivity contribution in [1.82, 2.24) is 4.31 Å². The van der Waals surface area contributed by atoms with E-state index in [0.29, 0.717) is 0 Å².